The fourth-order valence-corrected chi connectivity index (χ4v) is 4.14. The average molecular weight is 629 g/mol. The molecule has 0 aliphatic carbocycles. The highest BCUT2D eigenvalue weighted by molar-refractivity contribution is 5.37. The molecule has 0 aromatic heterocycles. The lowest BCUT2D eigenvalue weighted by Crippen LogP contribution is -2.35. The Morgan fingerprint density at radius 2 is 1.31 bits per heavy atom. The molecule has 250 valence electrons. The highest BCUT2D eigenvalue weighted by Crippen LogP contribution is 2.24. The van der Waals surface area contributed by atoms with Crippen molar-refractivity contribution in [2.75, 3.05) is 32.9 Å². The molecule has 0 amide bonds. The summed E-state index contributed by atoms with van der Waals surface area (Å²) < 4.78 is 16.5. The van der Waals surface area contributed by atoms with Crippen LogP contribution >= 0.6 is 0 Å². The third-order valence-corrected chi connectivity index (χ3v) is 6.52. The molecule has 3 unspecified atom stereocenters. The minimum absolute atomic E-state index is 0.0776. The zero-order valence-corrected chi connectivity index (χ0v) is 27.1. The summed E-state index contributed by atoms with van der Waals surface area (Å²) in [5.41, 5.74) is 2.63. The van der Waals surface area contributed by atoms with Crippen LogP contribution in [0.15, 0.2) is 66.7 Å². The number of benzene rings is 3. The van der Waals surface area contributed by atoms with Crippen molar-refractivity contribution in [1.29, 1.82) is 0 Å². The molecule has 3 rings (SSSR count). The van der Waals surface area contributed by atoms with Crippen molar-refractivity contribution in [1.82, 2.24) is 10.6 Å². The van der Waals surface area contributed by atoms with Crippen molar-refractivity contribution < 1.29 is 39.7 Å². The van der Waals surface area contributed by atoms with Crippen molar-refractivity contribution >= 4 is 0 Å². The second-order valence-electron chi connectivity index (χ2n) is 11.6. The molecule has 0 aliphatic rings. The normalized spacial score (nSPS) is 13.3. The quantitative estimate of drug-likeness (QED) is 0.101. The van der Waals surface area contributed by atoms with Crippen LogP contribution in [0, 0.1) is 0 Å². The molecule has 10 nitrogen and oxygen atoms in total. The first kappa shape index (κ1) is 37.8. The zero-order chi connectivity index (χ0) is 33.2. The first-order chi connectivity index (χ1) is 21.4. The Labute approximate surface area is 267 Å². The van der Waals surface area contributed by atoms with Gasteiger partial charge in [-0.2, -0.15) is 0 Å². The van der Waals surface area contributed by atoms with Crippen molar-refractivity contribution in [3.63, 3.8) is 0 Å². The number of phenols is 3. The van der Waals surface area contributed by atoms with E-state index < -0.39 is 12.2 Å². The lowest BCUT2D eigenvalue weighted by molar-refractivity contribution is 0.0143. The number of aromatic hydroxyl groups is 3. The first-order valence-electron chi connectivity index (χ1n) is 15.5. The minimum Gasteiger partial charge on any atom is -0.508 e. The van der Waals surface area contributed by atoms with Crippen LogP contribution in [0.3, 0.4) is 0 Å². The summed E-state index contributed by atoms with van der Waals surface area (Å²) in [6.07, 6.45) is -0.332. The van der Waals surface area contributed by atoms with E-state index in [1.807, 2.05) is 71.0 Å². The number of hydrogen-bond donors (Lipinski definition) is 7. The predicted molar refractivity (Wildman–Crippen MR) is 176 cm³/mol. The van der Waals surface area contributed by atoms with Gasteiger partial charge in [0.05, 0.1) is 32.0 Å². The highest BCUT2D eigenvalue weighted by atomic mass is 16.5. The van der Waals surface area contributed by atoms with Gasteiger partial charge in [-0.1, -0.05) is 38.1 Å². The molecule has 10 heteroatoms. The summed E-state index contributed by atoms with van der Waals surface area (Å²) in [6, 6.07) is 19.3. The van der Waals surface area contributed by atoms with E-state index >= 15 is 0 Å². The Bertz CT molecular complexity index is 1190. The lowest BCUT2D eigenvalue weighted by Gasteiger charge is -2.18. The van der Waals surface area contributed by atoms with Crippen LogP contribution in [0.4, 0.5) is 0 Å². The van der Waals surface area contributed by atoms with E-state index in [9.17, 15) is 25.5 Å². The Kier molecular flexibility index (Phi) is 17.3. The Morgan fingerprint density at radius 3 is 1.91 bits per heavy atom. The fraction of sp³-hybridized carbons (Fsp3) is 0.486. The van der Waals surface area contributed by atoms with Gasteiger partial charge in [-0.25, -0.2) is 0 Å². The molecular formula is C35H52N2O8. The fourth-order valence-electron chi connectivity index (χ4n) is 4.14. The van der Waals surface area contributed by atoms with Gasteiger partial charge in [0.2, 0.25) is 0 Å². The molecule has 0 spiro atoms. The minimum atomic E-state index is -0.819. The summed E-state index contributed by atoms with van der Waals surface area (Å²) in [6.45, 7) is 13.0. The number of aliphatic hydroxyl groups is 2. The number of hydrogen-bond acceptors (Lipinski definition) is 10. The largest absolute Gasteiger partial charge is 0.508 e. The Morgan fingerprint density at radius 1 is 0.689 bits per heavy atom. The number of rotatable bonds is 18. The van der Waals surface area contributed by atoms with Crippen molar-refractivity contribution in [2.45, 2.75) is 78.0 Å². The third-order valence-electron chi connectivity index (χ3n) is 6.52. The van der Waals surface area contributed by atoms with Crippen molar-refractivity contribution in [3.05, 3.63) is 83.4 Å². The standard InChI is InChI=1S/C18H31NO4.C17H21NO4/c1-14(2)19-11-17(20)13-23-18-7-5-16(6-8-18)12-21-9-10-22-15(3)4;1-11(6-12-2-4-14(19)5-3-12)18-10-17(22)13-7-15(20)9-16(21)8-13/h5-8,14-15,17,19-20H,9-13H2,1-4H3;2-5,7-9,11,17-22H,6,10H2,1H3. The maximum atomic E-state index is 10.1. The van der Waals surface area contributed by atoms with Crippen LogP contribution in [0.5, 0.6) is 23.0 Å². The lowest BCUT2D eigenvalue weighted by atomic mass is 10.1. The van der Waals surface area contributed by atoms with Gasteiger partial charge in [0.25, 0.3) is 0 Å². The summed E-state index contributed by atoms with van der Waals surface area (Å²) in [4.78, 5) is 0. The SMILES string of the molecule is CC(C)NCC(O)COc1ccc(COCCOC(C)C)cc1.CC(Cc1ccc(O)cc1)NCC(O)c1cc(O)cc(O)c1. The van der Waals surface area contributed by atoms with Gasteiger partial charge in [0, 0.05) is 31.2 Å². The third kappa shape index (κ3) is 17.0. The number of phenolic OH excluding ortho intramolecular Hbond substituents is 3. The second-order valence-corrected chi connectivity index (χ2v) is 11.6. The van der Waals surface area contributed by atoms with E-state index in [4.69, 9.17) is 14.2 Å². The van der Waals surface area contributed by atoms with Crippen molar-refractivity contribution in [3.8, 4) is 23.0 Å². The summed E-state index contributed by atoms with van der Waals surface area (Å²) in [7, 11) is 0. The van der Waals surface area contributed by atoms with Gasteiger partial charge in [0.15, 0.2) is 0 Å². The first-order valence-corrected chi connectivity index (χ1v) is 15.5. The molecule has 0 saturated heterocycles. The van der Waals surface area contributed by atoms with E-state index in [0.717, 1.165) is 23.3 Å². The Balaban J connectivity index is 0.000000314. The highest BCUT2D eigenvalue weighted by Gasteiger charge is 2.12. The summed E-state index contributed by atoms with van der Waals surface area (Å²) in [5, 5.41) is 54.4. The van der Waals surface area contributed by atoms with Gasteiger partial charge in [-0.05, 0) is 80.3 Å². The molecule has 0 fully saturated rings. The van der Waals surface area contributed by atoms with Crippen LogP contribution in [-0.2, 0) is 22.5 Å². The van der Waals surface area contributed by atoms with Crippen LogP contribution in [0.25, 0.3) is 0 Å². The van der Waals surface area contributed by atoms with E-state index in [-0.39, 0.29) is 36.0 Å². The second kappa shape index (κ2) is 20.6. The average Bonchev–Trinajstić information content (AvgIpc) is 2.99. The monoisotopic (exact) mass is 628 g/mol. The van der Waals surface area contributed by atoms with E-state index in [2.05, 4.69) is 10.6 Å². The van der Waals surface area contributed by atoms with Crippen LogP contribution in [0.2, 0.25) is 0 Å². The van der Waals surface area contributed by atoms with E-state index in [1.165, 1.54) is 18.2 Å². The van der Waals surface area contributed by atoms with Crippen LogP contribution in [0.1, 0.15) is 57.4 Å². The molecule has 45 heavy (non-hydrogen) atoms. The van der Waals surface area contributed by atoms with Gasteiger partial charge in [-0.15, -0.1) is 0 Å². The van der Waals surface area contributed by atoms with Gasteiger partial charge in [-0.3, -0.25) is 0 Å². The van der Waals surface area contributed by atoms with Crippen LogP contribution in [-0.4, -0.2) is 82.7 Å². The number of aliphatic hydroxyl groups excluding tert-OH is 2. The zero-order valence-electron chi connectivity index (χ0n) is 27.1. The van der Waals surface area contributed by atoms with Crippen molar-refractivity contribution in [2.24, 2.45) is 0 Å². The molecule has 0 heterocycles. The number of ether oxygens (including phenoxy) is 3. The molecule has 3 aromatic rings. The molecule has 0 saturated carbocycles. The van der Waals surface area contributed by atoms with Gasteiger partial charge < -0.3 is 50.4 Å². The molecular weight excluding hydrogens is 576 g/mol. The summed E-state index contributed by atoms with van der Waals surface area (Å²) in [5.74, 6) is 0.835. The topological polar surface area (TPSA) is 153 Å². The number of nitrogens with one attached hydrogen (secondary N) is 2. The molecule has 0 aliphatic heterocycles. The molecule has 0 bridgehead atoms. The van der Waals surface area contributed by atoms with Crippen LogP contribution < -0.4 is 15.4 Å². The van der Waals surface area contributed by atoms with Gasteiger partial charge in [0.1, 0.15) is 35.7 Å². The molecule has 3 aromatic carbocycles. The smallest absolute Gasteiger partial charge is 0.119 e. The summed E-state index contributed by atoms with van der Waals surface area (Å²) >= 11 is 0. The maximum Gasteiger partial charge on any atom is 0.119 e. The van der Waals surface area contributed by atoms with E-state index in [0.29, 0.717) is 44.5 Å². The molecule has 7 N–H and O–H groups in total. The molecule has 0 radical (unpaired) electrons. The van der Waals surface area contributed by atoms with Gasteiger partial charge >= 0.3 is 0 Å². The predicted octanol–water partition coefficient (Wildman–Crippen LogP) is 4.42. The molecule has 3 atom stereocenters. The van der Waals surface area contributed by atoms with E-state index in [1.54, 1.807) is 12.1 Å². The Hall–Kier alpha value is -3.38. The maximum absolute atomic E-state index is 10.1.